The second-order valence-corrected chi connectivity index (χ2v) is 9.61. The maximum absolute atomic E-state index is 12.3. The summed E-state index contributed by atoms with van der Waals surface area (Å²) in [7, 11) is -2.23. The second-order valence-electron chi connectivity index (χ2n) is 6.39. The molecule has 3 rings (SSSR count). The number of nitrogens with one attached hydrogen (secondary N) is 1. The van der Waals surface area contributed by atoms with Crippen LogP contribution in [-0.4, -0.2) is 32.2 Å². The number of nitrogens with zero attached hydrogens (tertiary/aromatic N) is 1. The van der Waals surface area contributed by atoms with Crippen molar-refractivity contribution in [1.82, 2.24) is 9.62 Å². The summed E-state index contributed by atoms with van der Waals surface area (Å²) in [6.07, 6.45) is 0. The van der Waals surface area contributed by atoms with Crippen LogP contribution in [0.15, 0.2) is 76.3 Å². The highest BCUT2D eigenvalue weighted by molar-refractivity contribution is 7.91. The Morgan fingerprint density at radius 1 is 1.00 bits per heavy atom. The zero-order chi connectivity index (χ0) is 20.7. The first-order valence-corrected chi connectivity index (χ1v) is 11.3. The van der Waals surface area contributed by atoms with Gasteiger partial charge in [-0.25, -0.2) is 8.42 Å². The van der Waals surface area contributed by atoms with Crippen molar-refractivity contribution in [3.63, 3.8) is 0 Å². The lowest BCUT2D eigenvalue weighted by molar-refractivity contribution is -0.121. The van der Waals surface area contributed by atoms with Crippen LogP contribution < -0.4 is 10.1 Å². The van der Waals surface area contributed by atoms with Crippen LogP contribution in [0.25, 0.3) is 0 Å². The van der Waals surface area contributed by atoms with Gasteiger partial charge in [0.25, 0.3) is 10.0 Å². The Kier molecular flexibility index (Phi) is 7.03. The summed E-state index contributed by atoms with van der Waals surface area (Å²) in [6.45, 7) is 0.552. The number of carbonyl (C=O) groups is 1. The minimum Gasteiger partial charge on any atom is -0.489 e. The van der Waals surface area contributed by atoms with Crippen LogP contribution in [-0.2, 0) is 28.0 Å². The highest BCUT2D eigenvalue weighted by Crippen LogP contribution is 2.19. The third kappa shape index (κ3) is 5.90. The van der Waals surface area contributed by atoms with Crippen molar-refractivity contribution in [2.45, 2.75) is 17.4 Å². The van der Waals surface area contributed by atoms with E-state index in [4.69, 9.17) is 4.74 Å². The first-order chi connectivity index (χ1) is 13.9. The van der Waals surface area contributed by atoms with Gasteiger partial charge in [0.2, 0.25) is 5.91 Å². The number of carbonyl (C=O) groups excluding carboxylic acids is 1. The maximum Gasteiger partial charge on any atom is 0.252 e. The molecule has 0 saturated heterocycles. The number of para-hydroxylation sites is 1. The zero-order valence-electron chi connectivity index (χ0n) is 15.9. The van der Waals surface area contributed by atoms with Gasteiger partial charge in [-0.1, -0.05) is 48.5 Å². The van der Waals surface area contributed by atoms with Crippen molar-refractivity contribution < 1.29 is 17.9 Å². The molecule has 0 aliphatic rings. The minimum absolute atomic E-state index is 0.223. The van der Waals surface area contributed by atoms with Crippen LogP contribution in [0.5, 0.6) is 5.75 Å². The smallest absolute Gasteiger partial charge is 0.252 e. The largest absolute Gasteiger partial charge is 0.489 e. The van der Waals surface area contributed by atoms with Gasteiger partial charge in [-0.05, 0) is 34.7 Å². The van der Waals surface area contributed by atoms with E-state index >= 15 is 0 Å². The molecular weight excluding hydrogens is 408 g/mol. The number of hydrogen-bond acceptors (Lipinski definition) is 5. The molecule has 1 amide bonds. The quantitative estimate of drug-likeness (QED) is 0.565. The van der Waals surface area contributed by atoms with E-state index in [-0.39, 0.29) is 16.7 Å². The number of sulfonamides is 1. The number of amides is 1. The Labute approximate surface area is 174 Å². The fraction of sp³-hybridized carbons (Fsp3) is 0.190. The van der Waals surface area contributed by atoms with Gasteiger partial charge in [0.05, 0.1) is 6.54 Å². The monoisotopic (exact) mass is 430 g/mol. The number of rotatable bonds is 9. The summed E-state index contributed by atoms with van der Waals surface area (Å²) in [5, 5.41) is 4.44. The lowest BCUT2D eigenvalue weighted by atomic mass is 10.1. The summed E-state index contributed by atoms with van der Waals surface area (Å²) in [6, 6.07) is 20.5. The van der Waals surface area contributed by atoms with E-state index in [9.17, 15) is 13.2 Å². The van der Waals surface area contributed by atoms with E-state index in [1.165, 1.54) is 13.1 Å². The number of hydrogen-bond donors (Lipinski definition) is 1. The molecule has 152 valence electrons. The molecule has 1 aromatic heterocycles. The summed E-state index contributed by atoms with van der Waals surface area (Å²) < 4.78 is 31.7. The van der Waals surface area contributed by atoms with Gasteiger partial charge in [0, 0.05) is 13.6 Å². The van der Waals surface area contributed by atoms with E-state index in [1.54, 1.807) is 11.4 Å². The molecule has 2 aromatic carbocycles. The molecular formula is C21H22N2O4S2. The van der Waals surface area contributed by atoms with Crippen LogP contribution >= 0.6 is 11.3 Å². The van der Waals surface area contributed by atoms with Crippen molar-refractivity contribution in [2.75, 3.05) is 13.6 Å². The van der Waals surface area contributed by atoms with Gasteiger partial charge in [-0.2, -0.15) is 4.31 Å². The first kappa shape index (κ1) is 21.0. The first-order valence-electron chi connectivity index (χ1n) is 8.97. The summed E-state index contributed by atoms with van der Waals surface area (Å²) >= 11 is 1.13. The molecule has 3 aromatic rings. The molecule has 0 saturated carbocycles. The molecule has 1 heterocycles. The summed E-state index contributed by atoms with van der Waals surface area (Å²) in [5.41, 5.74) is 1.94. The van der Waals surface area contributed by atoms with E-state index in [0.717, 1.165) is 32.5 Å². The van der Waals surface area contributed by atoms with Gasteiger partial charge in [0.15, 0.2) is 0 Å². The highest BCUT2D eigenvalue weighted by atomic mass is 32.2. The Morgan fingerprint density at radius 3 is 2.34 bits per heavy atom. The van der Waals surface area contributed by atoms with Crippen LogP contribution in [0.4, 0.5) is 0 Å². The fourth-order valence-electron chi connectivity index (χ4n) is 2.54. The highest BCUT2D eigenvalue weighted by Gasteiger charge is 2.23. The van der Waals surface area contributed by atoms with Crippen LogP contribution in [0, 0.1) is 0 Å². The number of likely N-dealkylation sites (N-methyl/N-ethyl adjacent to an activating group) is 1. The van der Waals surface area contributed by atoms with Crippen LogP contribution in [0.3, 0.4) is 0 Å². The Bertz CT molecular complexity index is 1020. The maximum atomic E-state index is 12.3. The van der Waals surface area contributed by atoms with Gasteiger partial charge < -0.3 is 10.1 Å². The van der Waals surface area contributed by atoms with Crippen molar-refractivity contribution >= 4 is 27.3 Å². The summed E-state index contributed by atoms with van der Waals surface area (Å²) in [4.78, 5) is 12.1. The van der Waals surface area contributed by atoms with E-state index in [2.05, 4.69) is 5.32 Å². The molecule has 0 fully saturated rings. The lowest BCUT2D eigenvalue weighted by Crippen LogP contribution is -2.37. The molecule has 0 radical (unpaired) electrons. The SMILES string of the molecule is CN(CC(=O)NCc1ccc(COc2ccccc2)cc1)S(=O)(=O)c1cccs1. The van der Waals surface area contributed by atoms with E-state index in [1.807, 2.05) is 54.6 Å². The predicted octanol–water partition coefficient (Wildman–Crippen LogP) is 3.26. The average molecular weight is 431 g/mol. The molecule has 29 heavy (non-hydrogen) atoms. The molecule has 0 aliphatic carbocycles. The van der Waals surface area contributed by atoms with Gasteiger partial charge in [0.1, 0.15) is 16.6 Å². The van der Waals surface area contributed by atoms with Crippen molar-refractivity contribution in [2.24, 2.45) is 0 Å². The molecule has 0 bridgehead atoms. The van der Waals surface area contributed by atoms with Crippen LogP contribution in [0.2, 0.25) is 0 Å². The average Bonchev–Trinajstić information content (AvgIpc) is 3.28. The van der Waals surface area contributed by atoms with Crippen LogP contribution in [0.1, 0.15) is 11.1 Å². The Balaban J connectivity index is 1.46. The van der Waals surface area contributed by atoms with Gasteiger partial charge in [-0.3, -0.25) is 4.79 Å². The third-order valence-corrected chi connectivity index (χ3v) is 7.36. The lowest BCUT2D eigenvalue weighted by Gasteiger charge is -2.15. The van der Waals surface area contributed by atoms with Crippen molar-refractivity contribution in [1.29, 1.82) is 0 Å². The van der Waals surface area contributed by atoms with Crippen molar-refractivity contribution in [3.8, 4) is 5.75 Å². The molecule has 0 spiro atoms. The third-order valence-electron chi connectivity index (χ3n) is 4.19. The molecule has 0 atom stereocenters. The molecule has 6 nitrogen and oxygen atoms in total. The second kappa shape index (κ2) is 9.69. The molecule has 0 aliphatic heterocycles. The molecule has 8 heteroatoms. The number of benzene rings is 2. The van der Waals surface area contributed by atoms with E-state index < -0.39 is 10.0 Å². The topological polar surface area (TPSA) is 75.7 Å². The van der Waals surface area contributed by atoms with Gasteiger partial charge in [-0.15, -0.1) is 11.3 Å². The van der Waals surface area contributed by atoms with Gasteiger partial charge >= 0.3 is 0 Å². The Morgan fingerprint density at radius 2 is 1.69 bits per heavy atom. The summed E-state index contributed by atoms with van der Waals surface area (Å²) in [5.74, 6) is 0.453. The van der Waals surface area contributed by atoms with E-state index in [0.29, 0.717) is 13.2 Å². The molecule has 0 unspecified atom stereocenters. The zero-order valence-corrected chi connectivity index (χ0v) is 17.6. The fourth-order valence-corrected chi connectivity index (χ4v) is 4.87. The predicted molar refractivity (Wildman–Crippen MR) is 113 cm³/mol. The number of thiophene rings is 1. The Hall–Kier alpha value is -2.68. The van der Waals surface area contributed by atoms with Crippen molar-refractivity contribution in [3.05, 3.63) is 83.2 Å². The standard InChI is InChI=1S/C21H22N2O4S2/c1-23(29(25,26)21-8-5-13-28-21)15-20(24)22-14-17-9-11-18(12-10-17)16-27-19-6-3-2-4-7-19/h2-13H,14-16H2,1H3,(H,22,24). The normalized spacial score (nSPS) is 11.4. The minimum atomic E-state index is -3.63. The number of ether oxygens (including phenoxy) is 1. The molecule has 1 N–H and O–H groups in total.